The van der Waals surface area contributed by atoms with Crippen LogP contribution in [0.5, 0.6) is 0 Å². The molecule has 0 aliphatic heterocycles. The monoisotopic (exact) mass is 248 g/mol. The third kappa shape index (κ3) is 1.40. The maximum Gasteiger partial charge on any atom is 0.139 e. The Morgan fingerprint density at radius 2 is 1.95 bits per heavy atom. The second kappa shape index (κ2) is 3.68. The summed E-state index contributed by atoms with van der Waals surface area (Å²) in [5.41, 5.74) is 4.05. The number of nitrogens with one attached hydrogen (secondary N) is 1. The lowest BCUT2D eigenvalue weighted by Gasteiger charge is -2.06. The summed E-state index contributed by atoms with van der Waals surface area (Å²) >= 11 is 0. The van der Waals surface area contributed by atoms with Gasteiger partial charge in [-0.3, -0.25) is 4.57 Å². The maximum atomic E-state index is 4.61. The Morgan fingerprint density at radius 3 is 2.79 bits per heavy atom. The smallest absolute Gasteiger partial charge is 0.139 e. The Bertz CT molecular complexity index is 871. The van der Waals surface area contributed by atoms with E-state index < -0.39 is 0 Å². The molecule has 92 valence electrons. The van der Waals surface area contributed by atoms with E-state index in [0.29, 0.717) is 0 Å². The van der Waals surface area contributed by atoms with Gasteiger partial charge < -0.3 is 4.98 Å². The van der Waals surface area contributed by atoms with E-state index in [4.69, 9.17) is 0 Å². The summed E-state index contributed by atoms with van der Waals surface area (Å²) in [6.45, 7) is 2.02. The van der Waals surface area contributed by atoms with Crippen molar-refractivity contribution in [2.45, 2.75) is 6.92 Å². The molecule has 4 nitrogen and oxygen atoms in total. The quantitative estimate of drug-likeness (QED) is 0.562. The van der Waals surface area contributed by atoms with E-state index >= 15 is 0 Å². The third-order valence-corrected chi connectivity index (χ3v) is 3.38. The topological polar surface area (TPSA) is 46.5 Å². The van der Waals surface area contributed by atoms with Gasteiger partial charge in [-0.05, 0) is 25.1 Å². The zero-order valence-electron chi connectivity index (χ0n) is 10.5. The number of aryl methyl sites for hydroxylation is 1. The van der Waals surface area contributed by atoms with E-state index in [2.05, 4.69) is 31.7 Å². The van der Waals surface area contributed by atoms with Crippen LogP contribution in [0.4, 0.5) is 0 Å². The van der Waals surface area contributed by atoms with Gasteiger partial charge in [-0.2, -0.15) is 0 Å². The fraction of sp³-hybridized carbons (Fsp3) is 0.0667. The minimum atomic E-state index is 0.893. The van der Waals surface area contributed by atoms with Crippen molar-refractivity contribution in [3.63, 3.8) is 0 Å². The molecule has 3 heterocycles. The SMILES string of the molecule is Cc1nc2cnc3[nH]ccc3c2n1-c1ccccc1. The number of benzene rings is 1. The number of rotatable bonds is 1. The number of fused-ring (bicyclic) bond motifs is 3. The number of aromatic nitrogens is 4. The number of para-hydroxylation sites is 1. The molecule has 0 saturated heterocycles. The summed E-state index contributed by atoms with van der Waals surface area (Å²) in [6, 6.07) is 12.3. The predicted octanol–water partition coefficient (Wildman–Crippen LogP) is 3.21. The first-order valence-electron chi connectivity index (χ1n) is 6.21. The molecule has 4 heteroatoms. The molecule has 0 saturated carbocycles. The molecule has 4 aromatic rings. The van der Waals surface area contributed by atoms with Crippen molar-refractivity contribution in [1.82, 2.24) is 19.5 Å². The molecule has 0 fully saturated rings. The molecule has 1 N–H and O–H groups in total. The van der Waals surface area contributed by atoms with Crippen molar-refractivity contribution < 1.29 is 0 Å². The Morgan fingerprint density at radius 1 is 1.11 bits per heavy atom. The van der Waals surface area contributed by atoms with Gasteiger partial charge in [-0.25, -0.2) is 9.97 Å². The van der Waals surface area contributed by atoms with Crippen LogP contribution in [0.2, 0.25) is 0 Å². The molecular weight excluding hydrogens is 236 g/mol. The molecule has 0 radical (unpaired) electrons. The summed E-state index contributed by atoms with van der Waals surface area (Å²) < 4.78 is 2.17. The number of H-pyrrole nitrogens is 1. The number of hydrogen-bond donors (Lipinski definition) is 1. The summed E-state index contributed by atoms with van der Waals surface area (Å²) in [5, 5.41) is 1.10. The average molecular weight is 248 g/mol. The zero-order valence-corrected chi connectivity index (χ0v) is 10.5. The number of pyridine rings is 1. The summed E-state index contributed by atoms with van der Waals surface area (Å²) in [5.74, 6) is 0.969. The van der Waals surface area contributed by atoms with Crippen LogP contribution >= 0.6 is 0 Å². The van der Waals surface area contributed by atoms with Gasteiger partial charge in [0.1, 0.15) is 17.0 Å². The second-order valence-corrected chi connectivity index (χ2v) is 4.56. The van der Waals surface area contributed by atoms with Crippen LogP contribution in [0, 0.1) is 6.92 Å². The number of aromatic amines is 1. The molecular formula is C15H12N4. The zero-order chi connectivity index (χ0) is 12.8. The van der Waals surface area contributed by atoms with Crippen LogP contribution < -0.4 is 0 Å². The highest BCUT2D eigenvalue weighted by atomic mass is 15.1. The fourth-order valence-electron chi connectivity index (χ4n) is 2.58. The molecule has 0 atom stereocenters. The summed E-state index contributed by atoms with van der Waals surface area (Å²) in [7, 11) is 0. The van der Waals surface area contributed by atoms with E-state index in [1.54, 1.807) is 0 Å². The normalized spacial score (nSPS) is 11.4. The molecule has 0 bridgehead atoms. The first-order valence-corrected chi connectivity index (χ1v) is 6.21. The lowest BCUT2D eigenvalue weighted by Crippen LogP contribution is -1.96. The average Bonchev–Trinajstić information content (AvgIpc) is 3.02. The van der Waals surface area contributed by atoms with E-state index in [9.17, 15) is 0 Å². The number of nitrogens with zero attached hydrogens (tertiary/aromatic N) is 3. The molecule has 0 aliphatic rings. The Labute approximate surface area is 109 Å². The molecule has 0 unspecified atom stereocenters. The van der Waals surface area contributed by atoms with Gasteiger partial charge in [0.2, 0.25) is 0 Å². The van der Waals surface area contributed by atoms with Crippen LogP contribution in [0.15, 0.2) is 48.8 Å². The van der Waals surface area contributed by atoms with Gasteiger partial charge in [0.05, 0.1) is 11.7 Å². The minimum Gasteiger partial charge on any atom is -0.346 e. The summed E-state index contributed by atoms with van der Waals surface area (Å²) in [6.07, 6.45) is 3.73. The minimum absolute atomic E-state index is 0.893. The van der Waals surface area contributed by atoms with Crippen LogP contribution in [-0.2, 0) is 0 Å². The van der Waals surface area contributed by atoms with Crippen molar-refractivity contribution >= 4 is 22.1 Å². The lowest BCUT2D eigenvalue weighted by molar-refractivity contribution is 1.00. The van der Waals surface area contributed by atoms with Crippen molar-refractivity contribution in [1.29, 1.82) is 0 Å². The predicted molar refractivity (Wildman–Crippen MR) is 75.5 cm³/mol. The Balaban J connectivity index is 2.20. The molecule has 0 aliphatic carbocycles. The standard InChI is InChI=1S/C15H12N4/c1-10-18-13-9-17-15-12(7-8-16-15)14(13)19(10)11-5-3-2-4-6-11/h2-9H,1H3,(H,16,17). The molecule has 19 heavy (non-hydrogen) atoms. The largest absolute Gasteiger partial charge is 0.346 e. The molecule has 0 amide bonds. The van der Waals surface area contributed by atoms with Crippen LogP contribution in [0.3, 0.4) is 0 Å². The van der Waals surface area contributed by atoms with Crippen molar-refractivity contribution in [3.8, 4) is 5.69 Å². The van der Waals surface area contributed by atoms with Crippen molar-refractivity contribution in [2.75, 3.05) is 0 Å². The number of imidazole rings is 1. The van der Waals surface area contributed by atoms with E-state index in [1.807, 2.05) is 43.6 Å². The third-order valence-electron chi connectivity index (χ3n) is 3.38. The van der Waals surface area contributed by atoms with E-state index in [-0.39, 0.29) is 0 Å². The van der Waals surface area contributed by atoms with Crippen molar-refractivity contribution in [3.05, 3.63) is 54.6 Å². The highest BCUT2D eigenvalue weighted by Crippen LogP contribution is 2.26. The van der Waals surface area contributed by atoms with Gasteiger partial charge >= 0.3 is 0 Å². The van der Waals surface area contributed by atoms with Gasteiger partial charge in [-0.1, -0.05) is 18.2 Å². The van der Waals surface area contributed by atoms with Crippen LogP contribution in [0.1, 0.15) is 5.82 Å². The highest BCUT2D eigenvalue weighted by molar-refractivity contribution is 6.02. The summed E-state index contributed by atoms with van der Waals surface area (Å²) in [4.78, 5) is 12.1. The Hall–Kier alpha value is -2.62. The van der Waals surface area contributed by atoms with E-state index in [1.165, 1.54) is 0 Å². The molecule has 4 rings (SSSR count). The van der Waals surface area contributed by atoms with Crippen LogP contribution in [0.25, 0.3) is 27.8 Å². The van der Waals surface area contributed by atoms with Crippen molar-refractivity contribution in [2.24, 2.45) is 0 Å². The maximum absolute atomic E-state index is 4.61. The van der Waals surface area contributed by atoms with E-state index in [0.717, 1.165) is 33.6 Å². The Kier molecular flexibility index (Phi) is 2.00. The second-order valence-electron chi connectivity index (χ2n) is 4.56. The fourth-order valence-corrected chi connectivity index (χ4v) is 2.58. The van der Waals surface area contributed by atoms with Gasteiger partial charge in [0, 0.05) is 17.3 Å². The molecule has 3 aromatic heterocycles. The first-order chi connectivity index (χ1) is 9.34. The van der Waals surface area contributed by atoms with Crippen LogP contribution in [-0.4, -0.2) is 19.5 Å². The highest BCUT2D eigenvalue weighted by Gasteiger charge is 2.13. The van der Waals surface area contributed by atoms with Gasteiger partial charge in [0.25, 0.3) is 0 Å². The van der Waals surface area contributed by atoms with Gasteiger partial charge in [0.15, 0.2) is 0 Å². The lowest BCUT2D eigenvalue weighted by atomic mass is 10.2. The molecule has 0 spiro atoms. The van der Waals surface area contributed by atoms with Gasteiger partial charge in [-0.15, -0.1) is 0 Å². The number of hydrogen-bond acceptors (Lipinski definition) is 2. The molecule has 1 aromatic carbocycles. The first kappa shape index (κ1) is 10.3.